The van der Waals surface area contributed by atoms with Crippen LogP contribution in [0.3, 0.4) is 0 Å². The second-order valence-corrected chi connectivity index (χ2v) is 4.51. The van der Waals surface area contributed by atoms with Crippen LogP contribution in [-0.2, 0) is 0 Å². The van der Waals surface area contributed by atoms with Crippen LogP contribution in [0.25, 0.3) is 16.7 Å². The van der Waals surface area contributed by atoms with Crippen molar-refractivity contribution in [3.63, 3.8) is 0 Å². The number of aryl methyl sites for hydroxylation is 2. The Hall–Kier alpha value is -2.43. The van der Waals surface area contributed by atoms with E-state index >= 15 is 0 Å². The summed E-state index contributed by atoms with van der Waals surface area (Å²) in [4.78, 5) is 14.4. The van der Waals surface area contributed by atoms with Crippen LogP contribution in [0.1, 0.15) is 11.3 Å². The Morgan fingerprint density at radius 1 is 1.21 bits per heavy atom. The van der Waals surface area contributed by atoms with Gasteiger partial charge in [-0.25, -0.2) is 9.07 Å². The quantitative estimate of drug-likeness (QED) is 0.728. The molecule has 0 bridgehead atoms. The predicted octanol–water partition coefficient (Wildman–Crippen LogP) is 2.47. The third kappa shape index (κ3) is 1.83. The fraction of sp³-hybridized carbons (Fsp3) is 0.143. The predicted molar refractivity (Wildman–Crippen MR) is 71.1 cm³/mol. The maximum Gasteiger partial charge on any atom is 0.249 e. The summed E-state index contributed by atoms with van der Waals surface area (Å²) in [5.74, 6) is -0.304. The van der Waals surface area contributed by atoms with Gasteiger partial charge < -0.3 is 4.98 Å². The van der Waals surface area contributed by atoms with Gasteiger partial charge in [0, 0.05) is 11.5 Å². The van der Waals surface area contributed by atoms with Crippen molar-refractivity contribution in [3.05, 3.63) is 57.8 Å². The summed E-state index contributed by atoms with van der Waals surface area (Å²) in [5.41, 5.74) is 2.88. The average molecular weight is 257 g/mol. The zero-order valence-corrected chi connectivity index (χ0v) is 10.6. The summed E-state index contributed by atoms with van der Waals surface area (Å²) < 4.78 is 14.6. The smallest absolute Gasteiger partial charge is 0.249 e. The SMILES string of the molecule is Cc1cc(=O)[nH]c2c1c(C)nn2-c1ccc(F)cc1. The standard InChI is InChI=1S/C14H12FN3O/c1-8-7-12(19)16-14-13(8)9(2)17-18(14)11-5-3-10(15)4-6-11/h3-7H,1-2H3,(H,16,19). The molecule has 0 unspecified atom stereocenters. The molecule has 96 valence electrons. The van der Waals surface area contributed by atoms with E-state index in [9.17, 15) is 9.18 Å². The molecule has 2 heterocycles. The number of aromatic nitrogens is 3. The molecule has 0 radical (unpaired) electrons. The Morgan fingerprint density at radius 2 is 1.89 bits per heavy atom. The molecule has 4 nitrogen and oxygen atoms in total. The van der Waals surface area contributed by atoms with Crippen LogP contribution in [0.2, 0.25) is 0 Å². The van der Waals surface area contributed by atoms with Crippen molar-refractivity contribution in [1.82, 2.24) is 14.8 Å². The van der Waals surface area contributed by atoms with Crippen LogP contribution < -0.4 is 5.56 Å². The topological polar surface area (TPSA) is 50.7 Å². The summed E-state index contributed by atoms with van der Waals surface area (Å²) in [7, 11) is 0. The van der Waals surface area contributed by atoms with Gasteiger partial charge in [-0.2, -0.15) is 5.10 Å². The molecule has 1 N–H and O–H groups in total. The Kier molecular flexibility index (Phi) is 2.48. The number of pyridine rings is 1. The van der Waals surface area contributed by atoms with E-state index in [-0.39, 0.29) is 11.4 Å². The van der Waals surface area contributed by atoms with Crippen LogP contribution in [0.15, 0.2) is 35.1 Å². The first-order valence-electron chi connectivity index (χ1n) is 5.91. The van der Waals surface area contributed by atoms with Gasteiger partial charge in [0.15, 0.2) is 0 Å². The molecule has 0 saturated heterocycles. The minimum absolute atomic E-state index is 0.173. The number of benzene rings is 1. The van der Waals surface area contributed by atoms with Crippen molar-refractivity contribution < 1.29 is 4.39 Å². The number of halogens is 1. The number of nitrogens with one attached hydrogen (secondary N) is 1. The number of rotatable bonds is 1. The van der Waals surface area contributed by atoms with E-state index in [0.717, 1.165) is 16.6 Å². The second-order valence-electron chi connectivity index (χ2n) is 4.51. The monoisotopic (exact) mass is 257 g/mol. The summed E-state index contributed by atoms with van der Waals surface area (Å²) in [5, 5.41) is 5.34. The highest BCUT2D eigenvalue weighted by Crippen LogP contribution is 2.21. The molecule has 2 aromatic heterocycles. The molecule has 0 aliphatic heterocycles. The number of hydrogen-bond donors (Lipinski definition) is 1. The molecule has 3 rings (SSSR count). The third-order valence-corrected chi connectivity index (χ3v) is 3.12. The fourth-order valence-corrected chi connectivity index (χ4v) is 2.31. The van der Waals surface area contributed by atoms with Crippen LogP contribution in [0.4, 0.5) is 4.39 Å². The maximum atomic E-state index is 13.0. The van der Waals surface area contributed by atoms with Crippen molar-refractivity contribution in [2.75, 3.05) is 0 Å². The van der Waals surface area contributed by atoms with E-state index in [2.05, 4.69) is 10.1 Å². The molecule has 19 heavy (non-hydrogen) atoms. The lowest BCUT2D eigenvalue weighted by Crippen LogP contribution is -2.07. The van der Waals surface area contributed by atoms with E-state index in [1.807, 2.05) is 13.8 Å². The molecule has 0 aliphatic carbocycles. The van der Waals surface area contributed by atoms with Gasteiger partial charge in [-0.3, -0.25) is 4.79 Å². The van der Waals surface area contributed by atoms with Crippen LogP contribution >= 0.6 is 0 Å². The normalized spacial score (nSPS) is 11.1. The molecule has 1 aromatic carbocycles. The molecule has 0 fully saturated rings. The fourth-order valence-electron chi connectivity index (χ4n) is 2.31. The highest BCUT2D eigenvalue weighted by Gasteiger charge is 2.12. The zero-order valence-electron chi connectivity index (χ0n) is 10.6. The lowest BCUT2D eigenvalue weighted by Gasteiger charge is -2.03. The van der Waals surface area contributed by atoms with Gasteiger partial charge in [-0.05, 0) is 43.7 Å². The highest BCUT2D eigenvalue weighted by atomic mass is 19.1. The van der Waals surface area contributed by atoms with Gasteiger partial charge in [-0.15, -0.1) is 0 Å². The van der Waals surface area contributed by atoms with Gasteiger partial charge in [0.2, 0.25) is 5.56 Å². The molecule has 5 heteroatoms. The Labute approximate surface area is 108 Å². The highest BCUT2D eigenvalue weighted by molar-refractivity contribution is 5.82. The Morgan fingerprint density at radius 3 is 2.58 bits per heavy atom. The zero-order chi connectivity index (χ0) is 13.6. The molecule has 0 saturated carbocycles. The number of aromatic amines is 1. The maximum absolute atomic E-state index is 13.0. The van der Waals surface area contributed by atoms with Gasteiger partial charge >= 0.3 is 0 Å². The van der Waals surface area contributed by atoms with Crippen molar-refractivity contribution in [2.24, 2.45) is 0 Å². The van der Waals surface area contributed by atoms with Gasteiger partial charge in [-0.1, -0.05) is 0 Å². The molecule has 0 amide bonds. The second kappa shape index (κ2) is 4.05. The van der Waals surface area contributed by atoms with Crippen molar-refractivity contribution in [2.45, 2.75) is 13.8 Å². The molecule has 0 aliphatic rings. The number of nitrogens with zero attached hydrogens (tertiary/aromatic N) is 2. The Balaban J connectivity index is 2.36. The lowest BCUT2D eigenvalue weighted by molar-refractivity contribution is 0.627. The van der Waals surface area contributed by atoms with E-state index in [0.29, 0.717) is 11.3 Å². The van der Waals surface area contributed by atoms with Crippen LogP contribution in [0, 0.1) is 19.7 Å². The van der Waals surface area contributed by atoms with E-state index in [1.165, 1.54) is 12.1 Å². The van der Waals surface area contributed by atoms with Gasteiger partial charge in [0.25, 0.3) is 0 Å². The van der Waals surface area contributed by atoms with Crippen LogP contribution in [-0.4, -0.2) is 14.8 Å². The van der Waals surface area contributed by atoms with Crippen molar-refractivity contribution in [1.29, 1.82) is 0 Å². The number of H-pyrrole nitrogens is 1. The molecule has 0 spiro atoms. The minimum Gasteiger partial charge on any atom is -0.306 e. The first-order chi connectivity index (χ1) is 9.06. The summed E-state index contributed by atoms with van der Waals surface area (Å²) in [6.07, 6.45) is 0. The summed E-state index contributed by atoms with van der Waals surface area (Å²) >= 11 is 0. The minimum atomic E-state index is -0.304. The molecular weight excluding hydrogens is 245 g/mol. The van der Waals surface area contributed by atoms with E-state index in [1.54, 1.807) is 22.9 Å². The van der Waals surface area contributed by atoms with Crippen molar-refractivity contribution >= 4 is 11.0 Å². The summed E-state index contributed by atoms with van der Waals surface area (Å²) in [6, 6.07) is 7.54. The number of fused-ring (bicyclic) bond motifs is 1. The van der Waals surface area contributed by atoms with E-state index in [4.69, 9.17) is 0 Å². The van der Waals surface area contributed by atoms with Crippen LogP contribution in [0.5, 0.6) is 0 Å². The third-order valence-electron chi connectivity index (χ3n) is 3.12. The Bertz CT molecular complexity index is 815. The van der Waals surface area contributed by atoms with Gasteiger partial charge in [0.1, 0.15) is 11.5 Å². The lowest BCUT2D eigenvalue weighted by atomic mass is 10.2. The largest absolute Gasteiger partial charge is 0.306 e. The molecule has 3 aromatic rings. The first kappa shape index (κ1) is 11.6. The number of hydrogen-bond acceptors (Lipinski definition) is 2. The molecular formula is C14H12FN3O. The van der Waals surface area contributed by atoms with Crippen molar-refractivity contribution in [3.8, 4) is 5.69 Å². The summed E-state index contributed by atoms with van der Waals surface area (Å²) in [6.45, 7) is 3.76. The average Bonchev–Trinajstić information content (AvgIpc) is 2.67. The van der Waals surface area contributed by atoms with E-state index < -0.39 is 0 Å². The van der Waals surface area contributed by atoms with Gasteiger partial charge in [0.05, 0.1) is 11.4 Å². The first-order valence-corrected chi connectivity index (χ1v) is 5.91. The molecule has 0 atom stereocenters.